The Bertz CT molecular complexity index is 408. The minimum Gasteiger partial charge on any atom is -0.369 e. The van der Waals surface area contributed by atoms with E-state index in [0.29, 0.717) is 5.56 Å². The largest absolute Gasteiger partial charge is 0.411 e. The molecule has 1 atom stereocenters. The van der Waals surface area contributed by atoms with Crippen LogP contribution < -0.4 is 11.5 Å². The van der Waals surface area contributed by atoms with Gasteiger partial charge in [0.05, 0.1) is 6.61 Å². The predicted molar refractivity (Wildman–Crippen MR) is 58.4 cm³/mol. The maximum atomic E-state index is 12.0. The third-order valence-corrected chi connectivity index (χ3v) is 2.32. The number of primary amides is 1. The highest BCUT2D eigenvalue weighted by Crippen LogP contribution is 2.20. The average Bonchev–Trinajstić information content (AvgIpc) is 2.28. The SMILES string of the molecule is NC(=O)C(N)(COCC(F)(F)F)c1ccccc1. The fraction of sp³-hybridized carbons (Fsp3) is 0.364. The number of nitrogens with two attached hydrogens (primary N) is 2. The second-order valence-corrected chi connectivity index (χ2v) is 3.81. The highest BCUT2D eigenvalue weighted by Gasteiger charge is 2.36. The molecular weight excluding hydrogens is 249 g/mol. The lowest BCUT2D eigenvalue weighted by Crippen LogP contribution is -2.53. The van der Waals surface area contributed by atoms with E-state index in [1.807, 2.05) is 0 Å². The summed E-state index contributed by atoms with van der Waals surface area (Å²) in [5.41, 5.74) is 9.39. The summed E-state index contributed by atoms with van der Waals surface area (Å²) in [6.07, 6.45) is -4.48. The Morgan fingerprint density at radius 1 is 1.17 bits per heavy atom. The van der Waals surface area contributed by atoms with Crippen molar-refractivity contribution in [3.05, 3.63) is 35.9 Å². The normalized spacial score (nSPS) is 15.1. The zero-order chi connectivity index (χ0) is 13.8. The van der Waals surface area contributed by atoms with E-state index >= 15 is 0 Å². The van der Waals surface area contributed by atoms with Gasteiger partial charge in [0.15, 0.2) is 0 Å². The van der Waals surface area contributed by atoms with Gasteiger partial charge in [-0.05, 0) is 5.56 Å². The molecule has 0 bridgehead atoms. The average molecular weight is 262 g/mol. The van der Waals surface area contributed by atoms with Crippen molar-refractivity contribution < 1.29 is 22.7 Å². The number of benzene rings is 1. The van der Waals surface area contributed by atoms with Gasteiger partial charge in [-0.3, -0.25) is 4.79 Å². The molecule has 1 rings (SSSR count). The van der Waals surface area contributed by atoms with Crippen LogP contribution in [0, 0.1) is 0 Å². The van der Waals surface area contributed by atoms with Gasteiger partial charge in [-0.2, -0.15) is 13.2 Å². The third-order valence-electron chi connectivity index (χ3n) is 2.32. The topological polar surface area (TPSA) is 78.3 Å². The molecular formula is C11H13F3N2O2. The Labute approximate surface area is 102 Å². The smallest absolute Gasteiger partial charge is 0.369 e. The summed E-state index contributed by atoms with van der Waals surface area (Å²) in [6, 6.07) is 7.89. The van der Waals surface area contributed by atoms with Crippen molar-refractivity contribution >= 4 is 5.91 Å². The van der Waals surface area contributed by atoms with E-state index in [0.717, 1.165) is 0 Å². The molecule has 0 saturated heterocycles. The van der Waals surface area contributed by atoms with E-state index < -0.39 is 30.8 Å². The number of hydrogen-bond donors (Lipinski definition) is 2. The maximum absolute atomic E-state index is 12.0. The van der Waals surface area contributed by atoms with Crippen molar-refractivity contribution in [2.45, 2.75) is 11.7 Å². The molecule has 1 aromatic rings. The zero-order valence-electron chi connectivity index (χ0n) is 9.41. The summed E-state index contributed by atoms with van der Waals surface area (Å²) >= 11 is 0. The lowest BCUT2D eigenvalue weighted by Gasteiger charge is -2.26. The highest BCUT2D eigenvalue weighted by molar-refractivity contribution is 5.86. The number of halogens is 3. The van der Waals surface area contributed by atoms with E-state index in [1.54, 1.807) is 18.2 Å². The summed E-state index contributed by atoms with van der Waals surface area (Å²) in [4.78, 5) is 11.3. The van der Waals surface area contributed by atoms with Crippen molar-refractivity contribution in [2.24, 2.45) is 11.5 Å². The molecule has 0 radical (unpaired) electrons. The zero-order valence-corrected chi connectivity index (χ0v) is 9.41. The van der Waals surface area contributed by atoms with Crippen LogP contribution in [0.25, 0.3) is 0 Å². The van der Waals surface area contributed by atoms with Crippen LogP contribution in [0.1, 0.15) is 5.56 Å². The van der Waals surface area contributed by atoms with Gasteiger partial charge in [-0.25, -0.2) is 0 Å². The van der Waals surface area contributed by atoms with Crippen molar-refractivity contribution in [1.82, 2.24) is 0 Å². The summed E-state index contributed by atoms with van der Waals surface area (Å²) < 4.78 is 40.3. The number of amides is 1. The van der Waals surface area contributed by atoms with Crippen LogP contribution in [0.2, 0.25) is 0 Å². The van der Waals surface area contributed by atoms with Gasteiger partial charge in [0.1, 0.15) is 12.1 Å². The van der Waals surface area contributed by atoms with Crippen molar-refractivity contribution in [1.29, 1.82) is 0 Å². The highest BCUT2D eigenvalue weighted by atomic mass is 19.4. The molecule has 4 nitrogen and oxygen atoms in total. The van der Waals surface area contributed by atoms with Gasteiger partial charge in [-0.1, -0.05) is 30.3 Å². The molecule has 1 unspecified atom stereocenters. The lowest BCUT2D eigenvalue weighted by atomic mass is 9.91. The van der Waals surface area contributed by atoms with Crippen LogP contribution >= 0.6 is 0 Å². The second-order valence-electron chi connectivity index (χ2n) is 3.81. The Balaban J connectivity index is 2.80. The van der Waals surface area contributed by atoms with Gasteiger partial charge in [0.25, 0.3) is 0 Å². The molecule has 100 valence electrons. The quantitative estimate of drug-likeness (QED) is 0.827. The number of carbonyl (C=O) groups is 1. The molecule has 0 aromatic heterocycles. The first-order valence-electron chi connectivity index (χ1n) is 5.04. The Morgan fingerprint density at radius 3 is 2.17 bits per heavy atom. The van der Waals surface area contributed by atoms with E-state index in [4.69, 9.17) is 11.5 Å². The van der Waals surface area contributed by atoms with E-state index in [9.17, 15) is 18.0 Å². The van der Waals surface area contributed by atoms with Crippen molar-refractivity contribution in [3.63, 3.8) is 0 Å². The van der Waals surface area contributed by atoms with Crippen LogP contribution in [-0.2, 0) is 15.1 Å². The molecule has 0 fully saturated rings. The number of alkyl halides is 3. The van der Waals surface area contributed by atoms with Crippen LogP contribution in [0.5, 0.6) is 0 Å². The van der Waals surface area contributed by atoms with Gasteiger partial charge in [0, 0.05) is 0 Å². The number of rotatable bonds is 5. The van der Waals surface area contributed by atoms with Gasteiger partial charge < -0.3 is 16.2 Å². The monoisotopic (exact) mass is 262 g/mol. The van der Waals surface area contributed by atoms with Gasteiger partial charge >= 0.3 is 6.18 Å². The molecule has 1 amide bonds. The van der Waals surface area contributed by atoms with Crippen LogP contribution in [0.15, 0.2) is 30.3 Å². The molecule has 4 N–H and O–H groups in total. The van der Waals surface area contributed by atoms with Crippen LogP contribution in [0.4, 0.5) is 13.2 Å². The van der Waals surface area contributed by atoms with E-state index in [-0.39, 0.29) is 0 Å². The molecule has 0 spiro atoms. The van der Waals surface area contributed by atoms with Crippen LogP contribution in [-0.4, -0.2) is 25.3 Å². The minimum absolute atomic E-state index is 0.305. The molecule has 0 saturated carbocycles. The first-order valence-corrected chi connectivity index (χ1v) is 5.04. The lowest BCUT2D eigenvalue weighted by molar-refractivity contribution is -0.178. The summed E-state index contributed by atoms with van der Waals surface area (Å²) in [5, 5.41) is 0. The summed E-state index contributed by atoms with van der Waals surface area (Å²) in [6.45, 7) is -2.11. The predicted octanol–water partition coefficient (Wildman–Crippen LogP) is 0.905. The molecule has 0 aliphatic rings. The van der Waals surface area contributed by atoms with E-state index in [1.165, 1.54) is 12.1 Å². The van der Waals surface area contributed by atoms with Gasteiger partial charge in [-0.15, -0.1) is 0 Å². The van der Waals surface area contributed by atoms with Crippen molar-refractivity contribution in [3.8, 4) is 0 Å². The van der Waals surface area contributed by atoms with Crippen LogP contribution in [0.3, 0.4) is 0 Å². The van der Waals surface area contributed by atoms with E-state index in [2.05, 4.69) is 4.74 Å². The number of carbonyl (C=O) groups excluding carboxylic acids is 1. The number of ether oxygens (including phenoxy) is 1. The second kappa shape index (κ2) is 5.36. The standard InChI is InChI=1S/C11H13F3N2O2/c12-11(13,14)7-18-6-10(16,9(15)17)8-4-2-1-3-5-8/h1-5H,6-7,16H2,(H2,15,17). The molecule has 0 heterocycles. The first kappa shape index (κ1) is 14.5. The third kappa shape index (κ3) is 3.71. The molecule has 0 aliphatic heterocycles. The Morgan fingerprint density at radius 2 is 1.72 bits per heavy atom. The van der Waals surface area contributed by atoms with Crippen molar-refractivity contribution in [2.75, 3.05) is 13.2 Å². The van der Waals surface area contributed by atoms with Gasteiger partial charge in [0.2, 0.25) is 5.91 Å². The summed E-state index contributed by atoms with van der Waals surface area (Å²) in [5.74, 6) is -0.948. The number of hydrogen-bond acceptors (Lipinski definition) is 3. The Hall–Kier alpha value is -1.60. The fourth-order valence-electron chi connectivity index (χ4n) is 1.36. The molecule has 18 heavy (non-hydrogen) atoms. The molecule has 0 aliphatic carbocycles. The Kier molecular flexibility index (Phi) is 4.31. The fourth-order valence-corrected chi connectivity index (χ4v) is 1.36. The maximum Gasteiger partial charge on any atom is 0.411 e. The first-order chi connectivity index (χ1) is 8.26. The minimum atomic E-state index is -4.48. The molecule has 1 aromatic carbocycles. The molecule has 7 heteroatoms. The summed E-state index contributed by atoms with van der Waals surface area (Å²) in [7, 11) is 0.